The molecular weight excluding hydrogens is 526 g/mol. The maximum atomic E-state index is 15.2. The van der Waals surface area contributed by atoms with E-state index in [0.717, 1.165) is 11.3 Å². The number of amides is 2. The van der Waals surface area contributed by atoms with Crippen molar-refractivity contribution in [1.82, 2.24) is 35.1 Å². The Balaban J connectivity index is 1.32. The lowest BCUT2D eigenvalue weighted by Gasteiger charge is -2.33. The first-order valence-corrected chi connectivity index (χ1v) is 12.5. The minimum atomic E-state index is -0.843. The zero-order chi connectivity index (χ0) is 25.8. The molecule has 2 aliphatic heterocycles. The molecule has 0 unspecified atom stereocenters. The van der Waals surface area contributed by atoms with Crippen molar-refractivity contribution >= 4 is 40.3 Å². The zero-order valence-electron chi connectivity index (χ0n) is 18.9. The van der Waals surface area contributed by atoms with Crippen molar-refractivity contribution in [1.29, 1.82) is 0 Å². The van der Waals surface area contributed by atoms with Crippen LogP contribution in [0.4, 0.5) is 8.78 Å². The predicted octanol–water partition coefficient (Wildman–Crippen LogP) is 3.66. The first-order chi connectivity index (χ1) is 17.8. The van der Waals surface area contributed by atoms with E-state index in [9.17, 15) is 14.0 Å². The molecule has 1 saturated heterocycles. The molecule has 5 heterocycles. The summed E-state index contributed by atoms with van der Waals surface area (Å²) in [6, 6.07) is 2.44. The maximum Gasteiger partial charge on any atom is 0.261 e. The summed E-state index contributed by atoms with van der Waals surface area (Å²) in [5.74, 6) is -2.02. The summed E-state index contributed by atoms with van der Waals surface area (Å²) >= 11 is 6.99. The molecule has 2 atom stereocenters. The molecule has 0 aliphatic carbocycles. The van der Waals surface area contributed by atoms with E-state index >= 15 is 4.39 Å². The molecule has 14 heteroatoms. The third kappa shape index (κ3) is 3.81. The Morgan fingerprint density at radius 3 is 2.81 bits per heavy atom. The highest BCUT2D eigenvalue weighted by Crippen LogP contribution is 2.44. The van der Waals surface area contributed by atoms with Crippen molar-refractivity contribution in [2.24, 2.45) is 5.73 Å². The van der Waals surface area contributed by atoms with Gasteiger partial charge in [0.05, 0.1) is 22.4 Å². The van der Waals surface area contributed by atoms with Gasteiger partial charge in [0.25, 0.3) is 5.91 Å². The summed E-state index contributed by atoms with van der Waals surface area (Å²) in [5.41, 5.74) is 6.74. The topological polar surface area (TPSA) is 136 Å². The number of fused-ring (bicyclic) bond motifs is 1. The zero-order valence-corrected chi connectivity index (χ0v) is 20.4. The van der Waals surface area contributed by atoms with Gasteiger partial charge in [-0.15, -0.1) is 16.4 Å². The minimum absolute atomic E-state index is 0.0739. The van der Waals surface area contributed by atoms with Crippen molar-refractivity contribution in [3.8, 4) is 16.9 Å². The summed E-state index contributed by atoms with van der Waals surface area (Å²) in [7, 11) is 0. The lowest BCUT2D eigenvalue weighted by Crippen LogP contribution is -2.39. The number of carbonyl (C=O) groups is 2. The quantitative estimate of drug-likeness (QED) is 0.395. The maximum absolute atomic E-state index is 15.2. The molecule has 188 valence electrons. The molecule has 2 aliphatic rings. The number of thiophene rings is 1. The number of H-pyrrole nitrogens is 1. The number of tetrazole rings is 1. The van der Waals surface area contributed by atoms with Crippen molar-refractivity contribution in [2.75, 3.05) is 0 Å². The number of nitrogens with two attached hydrogens (primary N) is 1. The number of nitrogens with one attached hydrogen (secondary N) is 1. The lowest BCUT2D eigenvalue weighted by atomic mass is 9.92. The van der Waals surface area contributed by atoms with Crippen molar-refractivity contribution in [3.63, 3.8) is 0 Å². The van der Waals surface area contributed by atoms with Crippen LogP contribution in [0.1, 0.15) is 46.4 Å². The summed E-state index contributed by atoms with van der Waals surface area (Å²) in [6.45, 7) is 0. The van der Waals surface area contributed by atoms with Crippen molar-refractivity contribution in [3.05, 3.63) is 69.0 Å². The second-order valence-corrected chi connectivity index (χ2v) is 9.99. The highest BCUT2D eigenvalue weighted by atomic mass is 35.5. The van der Waals surface area contributed by atoms with Crippen LogP contribution < -0.4 is 5.73 Å². The fourth-order valence-corrected chi connectivity index (χ4v) is 5.98. The van der Waals surface area contributed by atoms with Crippen LogP contribution in [-0.4, -0.2) is 52.9 Å². The molecule has 37 heavy (non-hydrogen) atoms. The van der Waals surface area contributed by atoms with Crippen LogP contribution in [0.5, 0.6) is 0 Å². The number of primary amides is 1. The first-order valence-electron chi connectivity index (χ1n) is 11.2. The molecule has 0 bridgehead atoms. The molecule has 3 N–H and O–H groups in total. The monoisotopic (exact) mass is 542 g/mol. The number of aromatic amines is 1. The average molecular weight is 543 g/mol. The van der Waals surface area contributed by atoms with E-state index in [0.29, 0.717) is 42.0 Å². The van der Waals surface area contributed by atoms with Gasteiger partial charge in [-0.25, -0.2) is 13.8 Å². The van der Waals surface area contributed by atoms with Crippen LogP contribution in [0.2, 0.25) is 5.02 Å². The molecule has 6 rings (SSSR count). The van der Waals surface area contributed by atoms with Crippen LogP contribution in [-0.2, 0) is 4.79 Å². The van der Waals surface area contributed by atoms with Gasteiger partial charge in [0.1, 0.15) is 17.0 Å². The Labute approximate surface area is 216 Å². The molecule has 10 nitrogen and oxygen atoms in total. The van der Waals surface area contributed by atoms with E-state index in [2.05, 4.69) is 25.5 Å². The van der Waals surface area contributed by atoms with Gasteiger partial charge in [-0.3, -0.25) is 9.59 Å². The summed E-state index contributed by atoms with van der Waals surface area (Å²) in [6.07, 6.45) is 5.94. The third-order valence-electron chi connectivity index (χ3n) is 6.64. The van der Waals surface area contributed by atoms with Gasteiger partial charge in [0.15, 0.2) is 11.6 Å². The molecule has 0 spiro atoms. The summed E-state index contributed by atoms with van der Waals surface area (Å²) < 4.78 is 31.2. The fraction of sp³-hybridized carbons (Fsp3) is 0.217. The number of carbonyl (C=O) groups excluding carboxylic acids is 2. The highest BCUT2D eigenvalue weighted by Gasteiger charge is 2.42. The van der Waals surface area contributed by atoms with Crippen LogP contribution >= 0.6 is 22.9 Å². The second-order valence-electron chi connectivity index (χ2n) is 8.70. The number of aromatic nitrogens is 6. The molecule has 4 aromatic rings. The van der Waals surface area contributed by atoms with Gasteiger partial charge >= 0.3 is 0 Å². The van der Waals surface area contributed by atoms with E-state index in [4.69, 9.17) is 17.3 Å². The van der Waals surface area contributed by atoms with Crippen LogP contribution in [0, 0.1) is 11.6 Å². The smallest absolute Gasteiger partial charge is 0.261 e. The molecule has 1 aromatic carbocycles. The normalized spacial score (nSPS) is 19.3. The predicted molar refractivity (Wildman–Crippen MR) is 130 cm³/mol. The largest absolute Gasteiger partial charge is 0.365 e. The Hall–Kier alpha value is -3.97. The number of hydrogen-bond acceptors (Lipinski definition) is 7. The van der Waals surface area contributed by atoms with E-state index in [1.165, 1.54) is 34.7 Å². The van der Waals surface area contributed by atoms with Crippen LogP contribution in [0.15, 0.2) is 36.1 Å². The van der Waals surface area contributed by atoms with Gasteiger partial charge in [-0.2, -0.15) is 4.68 Å². The molecule has 0 saturated carbocycles. The van der Waals surface area contributed by atoms with E-state index < -0.39 is 17.5 Å². The van der Waals surface area contributed by atoms with Gasteiger partial charge < -0.3 is 15.6 Å². The molecule has 2 amide bonds. The number of hydrogen-bond donors (Lipinski definition) is 2. The summed E-state index contributed by atoms with van der Waals surface area (Å²) in [4.78, 5) is 33.8. The average Bonchev–Trinajstić information content (AvgIpc) is 3.66. The van der Waals surface area contributed by atoms with Gasteiger partial charge in [0.2, 0.25) is 5.91 Å². The Kier molecular flexibility index (Phi) is 5.60. The number of nitrogens with zero attached hydrogens (tertiary/aromatic N) is 6. The van der Waals surface area contributed by atoms with E-state index in [1.54, 1.807) is 11.0 Å². The van der Waals surface area contributed by atoms with E-state index in [-0.39, 0.29) is 39.0 Å². The number of benzene rings is 1. The number of imidazole rings is 1. The van der Waals surface area contributed by atoms with Gasteiger partial charge in [-0.05, 0) is 47.4 Å². The van der Waals surface area contributed by atoms with Crippen molar-refractivity contribution < 1.29 is 18.4 Å². The molecule has 0 radical (unpaired) electrons. The summed E-state index contributed by atoms with van der Waals surface area (Å²) in [5, 5.41) is 12.5. The number of rotatable bonds is 5. The Bertz CT molecular complexity index is 1580. The Morgan fingerprint density at radius 2 is 2.08 bits per heavy atom. The molecular formula is C23H17ClF2N8O2S. The lowest BCUT2D eigenvalue weighted by molar-refractivity contribution is -0.129. The standard InChI is InChI=1S/C23H17ClF2N8O2S/c24-13-2-4-15(33-9-29-31-32-33)18(20(13)26)10-5-11-1-3-16(34(11)17(35)6-10)23-28-7-14(30-23)12-8-37-21(19(12)25)22(27)36/h2,4,6-9,11,16H,1,3,5H2,(H2,27,36)(H,28,30)/t11-,16+/m1/s1. The molecule has 1 fully saturated rings. The SMILES string of the molecule is NC(=O)c1scc(-c2c[nH]c([C@@H]3CC[C@@H]4CC(c5c(-n6cnnn6)ccc(Cl)c5F)=CC(=O)N43)n2)c1F. The Morgan fingerprint density at radius 1 is 1.24 bits per heavy atom. The number of halogens is 3. The second kappa shape index (κ2) is 8.85. The third-order valence-corrected chi connectivity index (χ3v) is 7.91. The van der Waals surface area contributed by atoms with Crippen LogP contribution in [0.25, 0.3) is 22.5 Å². The van der Waals surface area contributed by atoms with E-state index in [1.807, 2.05) is 0 Å². The fourth-order valence-electron chi connectivity index (χ4n) is 5.03. The van der Waals surface area contributed by atoms with Gasteiger partial charge in [-0.1, -0.05) is 11.6 Å². The van der Waals surface area contributed by atoms with Gasteiger partial charge in [0, 0.05) is 34.8 Å². The molecule has 3 aromatic heterocycles. The highest BCUT2D eigenvalue weighted by molar-refractivity contribution is 7.12. The first kappa shape index (κ1) is 23.4. The minimum Gasteiger partial charge on any atom is -0.365 e. The van der Waals surface area contributed by atoms with Crippen LogP contribution in [0.3, 0.4) is 0 Å². The van der Waals surface area contributed by atoms with Crippen molar-refractivity contribution in [2.45, 2.75) is 31.3 Å².